The number of carbonyl (C=O) groups excluding carboxylic acids is 3. The van der Waals surface area contributed by atoms with Crippen LogP contribution in [0.15, 0.2) is 18.2 Å². The maximum Gasteiger partial charge on any atom is 0.455 e. The van der Waals surface area contributed by atoms with Gasteiger partial charge in [-0.3, -0.25) is 24.4 Å². The first kappa shape index (κ1) is 30.6. The lowest BCUT2D eigenvalue weighted by Gasteiger charge is -2.35. The van der Waals surface area contributed by atoms with Crippen LogP contribution in [0.2, 0.25) is 6.82 Å². The number of aromatic nitrogens is 4. The van der Waals surface area contributed by atoms with Crippen LogP contribution < -0.4 is 0 Å². The summed E-state index contributed by atoms with van der Waals surface area (Å²) < 4.78 is 18.0. The van der Waals surface area contributed by atoms with Gasteiger partial charge < -0.3 is 24.0 Å². The highest BCUT2D eigenvalue weighted by Crippen LogP contribution is 2.56. The summed E-state index contributed by atoms with van der Waals surface area (Å²) in [6.45, 7) is 13.5. The summed E-state index contributed by atoms with van der Waals surface area (Å²) in [5, 5.41) is 0. The fraction of sp³-hybridized carbons (Fsp3) is 0.457. The summed E-state index contributed by atoms with van der Waals surface area (Å²) in [7, 11) is 0.909. The summed E-state index contributed by atoms with van der Waals surface area (Å²) >= 11 is 0. The van der Waals surface area contributed by atoms with E-state index in [9.17, 15) is 14.4 Å². The molecule has 8 bridgehead atoms. The molecule has 4 atom stereocenters. The molecule has 3 aromatic heterocycles. The van der Waals surface area contributed by atoms with E-state index >= 15 is 0 Å². The summed E-state index contributed by atoms with van der Waals surface area (Å²) in [5.74, 6) is -0.474. The number of nitrogens with zero attached hydrogens (tertiary/aromatic N) is 2. The molecular weight excluding hydrogens is 583 g/mol. The SMILES string of the molecule is CCC12OB(C)OC1(C)c1cc3[nH]c(cc4nc(c5c6[nH]c(cc2n1)c(C)c6C(=O)C5)[C@@H](CCC(=O)OC)[C@@H]4C)c(C)c3C(C)=O. The van der Waals surface area contributed by atoms with Gasteiger partial charge in [0.05, 0.1) is 35.2 Å². The van der Waals surface area contributed by atoms with Crippen molar-refractivity contribution in [3.63, 3.8) is 0 Å². The zero-order chi connectivity index (χ0) is 32.9. The highest BCUT2D eigenvalue weighted by molar-refractivity contribution is 6.43. The van der Waals surface area contributed by atoms with Crippen LogP contribution >= 0.6 is 0 Å². The van der Waals surface area contributed by atoms with E-state index in [2.05, 4.69) is 23.8 Å². The van der Waals surface area contributed by atoms with Gasteiger partial charge >= 0.3 is 13.1 Å². The van der Waals surface area contributed by atoms with Crippen molar-refractivity contribution in [2.75, 3.05) is 7.11 Å². The second kappa shape index (κ2) is 10.5. The molecule has 0 spiro atoms. The second-order valence-electron chi connectivity index (χ2n) is 13.3. The number of ketones is 2. The van der Waals surface area contributed by atoms with E-state index in [0.717, 1.165) is 44.6 Å². The van der Waals surface area contributed by atoms with E-state index in [0.29, 0.717) is 40.9 Å². The minimum Gasteiger partial charge on any atom is -0.469 e. The first-order valence-corrected chi connectivity index (χ1v) is 16.1. The number of ether oxygens (including phenoxy) is 1. The molecule has 1 fully saturated rings. The van der Waals surface area contributed by atoms with Crippen LogP contribution in [-0.2, 0) is 36.5 Å². The van der Waals surface area contributed by atoms with Crippen LogP contribution in [0.5, 0.6) is 0 Å². The molecule has 2 unspecified atom stereocenters. The number of rotatable bonds is 5. The second-order valence-corrected chi connectivity index (χ2v) is 13.3. The van der Waals surface area contributed by atoms with Gasteiger partial charge in [-0.1, -0.05) is 13.8 Å². The highest BCUT2D eigenvalue weighted by Gasteiger charge is 2.63. The number of aryl methyl sites for hydroxylation is 2. The Morgan fingerprint density at radius 1 is 1.07 bits per heavy atom. The third-order valence-electron chi connectivity index (χ3n) is 10.8. The first-order chi connectivity index (χ1) is 21.8. The molecule has 238 valence electrons. The van der Waals surface area contributed by atoms with Crippen molar-refractivity contribution >= 4 is 46.7 Å². The lowest BCUT2D eigenvalue weighted by molar-refractivity contribution is -0.140. The molecule has 3 aromatic rings. The summed E-state index contributed by atoms with van der Waals surface area (Å²) in [6.07, 6.45) is 1.59. The number of esters is 1. The molecule has 1 aliphatic carbocycles. The fourth-order valence-electron chi connectivity index (χ4n) is 8.30. The topological polar surface area (TPSA) is 136 Å². The van der Waals surface area contributed by atoms with Gasteiger partial charge in [-0.15, -0.1) is 0 Å². The largest absolute Gasteiger partial charge is 0.469 e. The molecule has 0 aromatic carbocycles. The minimum absolute atomic E-state index is 0.0352. The quantitative estimate of drug-likeness (QED) is 0.190. The van der Waals surface area contributed by atoms with Gasteiger partial charge in [0.25, 0.3) is 0 Å². The van der Waals surface area contributed by atoms with Gasteiger partial charge in [0.1, 0.15) is 11.2 Å². The Labute approximate surface area is 267 Å². The number of hydrogen-bond donors (Lipinski definition) is 2. The average molecular weight is 623 g/mol. The number of nitrogens with one attached hydrogen (secondary N) is 2. The molecule has 0 radical (unpaired) electrons. The minimum atomic E-state index is -0.922. The van der Waals surface area contributed by atoms with Crippen molar-refractivity contribution in [1.82, 2.24) is 19.9 Å². The van der Waals surface area contributed by atoms with E-state index in [1.54, 1.807) is 6.92 Å². The standard InChI is InChI=1S/C35H39BN4O6/c1-9-35-28-14-24-18(4)31-26(42)12-21(33(31)39-24)32-20(10-11-29(43)44-8)16(2)22(38-32)13-23-17(3)30(19(5)41)25(37-23)15-27(40-28)34(35,6)45-36(7)46-35/h13-16,20,37,39H,9-12H2,1-8H3/t16-,20-,34?,35?/m0/s1. The zero-order valence-electron chi connectivity index (χ0n) is 27.6. The van der Waals surface area contributed by atoms with Crippen LogP contribution in [0.4, 0.5) is 0 Å². The predicted octanol–water partition coefficient (Wildman–Crippen LogP) is 6.40. The third-order valence-corrected chi connectivity index (χ3v) is 10.8. The Kier molecular flexibility index (Phi) is 6.95. The number of methoxy groups -OCH3 is 1. The number of hydrogen-bond acceptors (Lipinski definition) is 8. The van der Waals surface area contributed by atoms with E-state index in [1.165, 1.54) is 7.11 Å². The highest BCUT2D eigenvalue weighted by atomic mass is 16.7. The molecular formula is C35H39BN4O6. The monoisotopic (exact) mass is 622 g/mol. The number of aromatic amines is 2. The average Bonchev–Trinajstić information content (AvgIpc) is 3.78. The number of H-pyrrole nitrogens is 2. The van der Waals surface area contributed by atoms with Crippen molar-refractivity contribution < 1.29 is 28.4 Å². The molecule has 10 nitrogen and oxygen atoms in total. The number of fused-ring (bicyclic) bond motifs is 11. The molecule has 1 saturated heterocycles. The zero-order valence-corrected chi connectivity index (χ0v) is 27.6. The van der Waals surface area contributed by atoms with Gasteiger partial charge in [-0.05, 0) is 76.7 Å². The van der Waals surface area contributed by atoms with E-state index in [1.807, 2.05) is 45.8 Å². The van der Waals surface area contributed by atoms with Gasteiger partial charge in [-0.25, -0.2) is 0 Å². The molecule has 11 heteroatoms. The molecule has 3 aliphatic heterocycles. The maximum atomic E-state index is 13.6. The van der Waals surface area contributed by atoms with Crippen LogP contribution in [0.3, 0.4) is 0 Å². The Balaban J connectivity index is 1.62. The molecule has 0 amide bonds. The smallest absolute Gasteiger partial charge is 0.455 e. The summed E-state index contributed by atoms with van der Waals surface area (Å²) in [4.78, 5) is 56.4. The van der Waals surface area contributed by atoms with Gasteiger partial charge in [-0.2, -0.15) is 0 Å². The molecule has 2 N–H and O–H groups in total. The van der Waals surface area contributed by atoms with Crippen LogP contribution in [-0.4, -0.2) is 51.7 Å². The summed E-state index contributed by atoms with van der Waals surface area (Å²) in [6, 6.07) is 5.88. The molecule has 6 heterocycles. The number of Topliss-reactive ketones (excluding diaryl/α,β-unsaturated/α-hetero) is 2. The lowest BCUT2D eigenvalue weighted by Crippen LogP contribution is -2.40. The molecule has 0 saturated carbocycles. The van der Waals surface area contributed by atoms with Crippen molar-refractivity contribution in [1.29, 1.82) is 0 Å². The van der Waals surface area contributed by atoms with Gasteiger partial charge in [0, 0.05) is 58.1 Å². The van der Waals surface area contributed by atoms with Crippen LogP contribution in [0.25, 0.3) is 22.1 Å². The fourth-order valence-corrected chi connectivity index (χ4v) is 8.30. The Morgan fingerprint density at radius 2 is 1.78 bits per heavy atom. The first-order valence-electron chi connectivity index (χ1n) is 16.1. The van der Waals surface area contributed by atoms with Crippen LogP contribution in [0, 0.1) is 13.8 Å². The Bertz CT molecular complexity index is 2030. The van der Waals surface area contributed by atoms with Crippen molar-refractivity contribution in [3.05, 3.63) is 68.8 Å². The molecule has 4 aliphatic rings. The third kappa shape index (κ3) is 4.13. The van der Waals surface area contributed by atoms with Gasteiger partial charge in [0.15, 0.2) is 11.6 Å². The van der Waals surface area contributed by atoms with E-state index < -0.39 is 18.3 Å². The Hall–Kier alpha value is -4.09. The lowest BCUT2D eigenvalue weighted by atomic mass is 9.80. The normalized spacial score (nSPS) is 24.9. The number of carbonyl (C=O) groups is 3. The molecule has 46 heavy (non-hydrogen) atoms. The van der Waals surface area contributed by atoms with Gasteiger partial charge in [0.2, 0.25) is 0 Å². The maximum absolute atomic E-state index is 13.6. The predicted molar refractivity (Wildman–Crippen MR) is 174 cm³/mol. The van der Waals surface area contributed by atoms with Crippen LogP contribution in [0.1, 0.15) is 119 Å². The van der Waals surface area contributed by atoms with E-state index in [4.69, 9.17) is 24.0 Å². The Morgan fingerprint density at radius 3 is 2.48 bits per heavy atom. The summed E-state index contributed by atoms with van der Waals surface area (Å²) in [5.41, 5.74) is 7.88. The molecule has 7 rings (SSSR count). The van der Waals surface area contributed by atoms with Crippen molar-refractivity contribution in [3.8, 4) is 0 Å². The van der Waals surface area contributed by atoms with E-state index in [-0.39, 0.29) is 42.2 Å². The van der Waals surface area contributed by atoms with Crippen molar-refractivity contribution in [2.45, 2.75) is 97.1 Å². The van der Waals surface area contributed by atoms with Crippen molar-refractivity contribution in [2.24, 2.45) is 0 Å².